The summed E-state index contributed by atoms with van der Waals surface area (Å²) in [4.78, 5) is 16.4. The minimum absolute atomic E-state index is 0.152. The average molecular weight is 382 g/mol. The smallest absolute Gasteiger partial charge is 0.255 e. The van der Waals surface area contributed by atoms with E-state index in [1.54, 1.807) is 18.3 Å². The van der Waals surface area contributed by atoms with E-state index in [0.29, 0.717) is 17.1 Å². The van der Waals surface area contributed by atoms with Crippen LogP contribution in [-0.2, 0) is 0 Å². The molecule has 0 spiro atoms. The number of amides is 1. The molecule has 0 saturated carbocycles. The van der Waals surface area contributed by atoms with Gasteiger partial charge < -0.3 is 10.6 Å². The largest absolute Gasteiger partial charge is 0.340 e. The highest BCUT2D eigenvalue weighted by atomic mass is 79.9. The van der Waals surface area contributed by atoms with Crippen LogP contribution in [0.15, 0.2) is 71.3 Å². The number of anilines is 3. The molecule has 2 N–H and O–H groups in total. The van der Waals surface area contributed by atoms with Crippen LogP contribution in [0.5, 0.6) is 0 Å². The summed E-state index contributed by atoms with van der Waals surface area (Å²) < 4.78 is 1.04. The van der Waals surface area contributed by atoms with Crippen LogP contribution in [0.2, 0.25) is 0 Å². The Morgan fingerprint density at radius 1 is 1.00 bits per heavy atom. The van der Waals surface area contributed by atoms with E-state index in [0.717, 1.165) is 10.2 Å². The van der Waals surface area contributed by atoms with E-state index in [1.165, 1.54) is 5.56 Å². The summed E-state index contributed by atoms with van der Waals surface area (Å²) in [7, 11) is 0. The van der Waals surface area contributed by atoms with Crippen LogP contribution in [-0.4, -0.2) is 10.9 Å². The summed E-state index contributed by atoms with van der Waals surface area (Å²) in [6.45, 7) is 2.04. The molecule has 24 heavy (non-hydrogen) atoms. The maximum absolute atomic E-state index is 12.1. The fourth-order valence-corrected chi connectivity index (χ4v) is 2.53. The number of nitrogens with one attached hydrogen (secondary N) is 2. The maximum atomic E-state index is 12.1. The Morgan fingerprint density at radius 3 is 2.42 bits per heavy atom. The summed E-state index contributed by atoms with van der Waals surface area (Å²) >= 11 is 3.51. The number of aromatic nitrogens is 1. The highest BCUT2D eigenvalue weighted by molar-refractivity contribution is 9.10. The molecule has 0 atom stereocenters. The molecule has 0 unspecified atom stereocenters. The molecule has 1 heterocycles. The molecule has 0 aliphatic heterocycles. The molecule has 0 aliphatic carbocycles. The van der Waals surface area contributed by atoms with E-state index in [9.17, 15) is 4.79 Å². The van der Waals surface area contributed by atoms with Crippen LogP contribution >= 0.6 is 15.9 Å². The van der Waals surface area contributed by atoms with Gasteiger partial charge in [-0.05, 0) is 48.9 Å². The lowest BCUT2D eigenvalue weighted by Crippen LogP contribution is -2.11. The molecule has 0 saturated heterocycles. The average Bonchev–Trinajstić information content (AvgIpc) is 2.61. The Kier molecular flexibility index (Phi) is 4.91. The molecule has 3 rings (SSSR count). The Hall–Kier alpha value is -2.66. The monoisotopic (exact) mass is 381 g/mol. The lowest BCUT2D eigenvalue weighted by atomic mass is 10.2. The molecule has 0 bridgehead atoms. The van der Waals surface area contributed by atoms with Gasteiger partial charge in [-0.2, -0.15) is 0 Å². The number of nitrogens with zero attached hydrogens (tertiary/aromatic N) is 1. The van der Waals surface area contributed by atoms with Crippen molar-refractivity contribution in [2.45, 2.75) is 6.92 Å². The van der Waals surface area contributed by atoms with Crippen molar-refractivity contribution in [1.82, 2.24) is 4.98 Å². The molecule has 2 aromatic carbocycles. The number of aryl methyl sites for hydroxylation is 1. The van der Waals surface area contributed by atoms with Gasteiger partial charge in [-0.1, -0.05) is 40.2 Å². The van der Waals surface area contributed by atoms with Gasteiger partial charge >= 0.3 is 0 Å². The van der Waals surface area contributed by atoms with E-state index in [4.69, 9.17) is 0 Å². The Bertz CT molecular complexity index is 848. The van der Waals surface area contributed by atoms with Crippen LogP contribution < -0.4 is 10.6 Å². The second-order valence-corrected chi connectivity index (χ2v) is 6.20. The van der Waals surface area contributed by atoms with E-state index in [-0.39, 0.29) is 5.91 Å². The predicted molar refractivity (Wildman–Crippen MR) is 101 cm³/mol. The van der Waals surface area contributed by atoms with Crippen molar-refractivity contribution in [1.29, 1.82) is 0 Å². The van der Waals surface area contributed by atoms with E-state index >= 15 is 0 Å². The summed E-state index contributed by atoms with van der Waals surface area (Å²) in [6, 6.07) is 18.8. The number of hydrogen-bond acceptors (Lipinski definition) is 3. The van der Waals surface area contributed by atoms with Crippen molar-refractivity contribution in [2.75, 3.05) is 10.6 Å². The predicted octanol–water partition coefficient (Wildman–Crippen LogP) is 5.15. The minimum atomic E-state index is -0.152. The molecular formula is C19H16BrN3O. The van der Waals surface area contributed by atoms with E-state index in [1.807, 2.05) is 55.5 Å². The molecule has 0 fully saturated rings. The molecule has 3 aromatic rings. The van der Waals surface area contributed by atoms with Crippen LogP contribution in [0.25, 0.3) is 0 Å². The summed E-state index contributed by atoms with van der Waals surface area (Å²) in [5, 5.41) is 6.06. The standard InChI is InChI=1S/C19H16BrN3O/c1-13-7-8-15(11-17(13)20)22-18-10-9-16(12-21-18)23-19(24)14-5-3-2-4-6-14/h2-12H,1H3,(H,21,22)(H,23,24). The molecule has 0 radical (unpaired) electrons. The number of carbonyl (C=O) groups is 1. The third-order valence-electron chi connectivity index (χ3n) is 3.50. The SMILES string of the molecule is Cc1ccc(Nc2ccc(NC(=O)c3ccccc3)cn2)cc1Br. The first kappa shape index (κ1) is 16.2. The van der Waals surface area contributed by atoms with Gasteiger partial charge in [-0.25, -0.2) is 4.98 Å². The number of pyridine rings is 1. The maximum Gasteiger partial charge on any atom is 0.255 e. The van der Waals surface area contributed by atoms with Crippen LogP contribution in [0.1, 0.15) is 15.9 Å². The van der Waals surface area contributed by atoms with Gasteiger partial charge in [0.25, 0.3) is 5.91 Å². The Morgan fingerprint density at radius 2 is 1.75 bits per heavy atom. The number of rotatable bonds is 4. The Balaban J connectivity index is 1.67. The first-order valence-electron chi connectivity index (χ1n) is 7.47. The zero-order valence-corrected chi connectivity index (χ0v) is 14.7. The van der Waals surface area contributed by atoms with Crippen LogP contribution in [0, 0.1) is 6.92 Å². The van der Waals surface area contributed by atoms with Crippen molar-refractivity contribution in [3.8, 4) is 0 Å². The second-order valence-electron chi connectivity index (χ2n) is 5.34. The number of hydrogen-bond donors (Lipinski definition) is 2. The first-order valence-corrected chi connectivity index (χ1v) is 8.27. The van der Waals surface area contributed by atoms with Gasteiger partial charge in [-0.3, -0.25) is 4.79 Å². The Labute approximate surface area is 149 Å². The molecular weight excluding hydrogens is 366 g/mol. The van der Waals surface area contributed by atoms with Crippen molar-refractivity contribution < 1.29 is 4.79 Å². The number of benzene rings is 2. The van der Waals surface area contributed by atoms with Crippen molar-refractivity contribution in [3.63, 3.8) is 0 Å². The second kappa shape index (κ2) is 7.27. The highest BCUT2D eigenvalue weighted by Gasteiger charge is 2.05. The zero-order chi connectivity index (χ0) is 16.9. The van der Waals surface area contributed by atoms with Crippen molar-refractivity contribution in [2.24, 2.45) is 0 Å². The lowest BCUT2D eigenvalue weighted by Gasteiger charge is -2.09. The van der Waals surface area contributed by atoms with Gasteiger partial charge in [0.15, 0.2) is 0 Å². The summed E-state index contributed by atoms with van der Waals surface area (Å²) in [5.41, 5.74) is 3.39. The third kappa shape index (κ3) is 4.00. The lowest BCUT2D eigenvalue weighted by molar-refractivity contribution is 0.102. The molecule has 120 valence electrons. The molecule has 5 heteroatoms. The first-order chi connectivity index (χ1) is 11.6. The normalized spacial score (nSPS) is 10.2. The topological polar surface area (TPSA) is 54.0 Å². The van der Waals surface area contributed by atoms with Crippen LogP contribution in [0.3, 0.4) is 0 Å². The number of halogens is 1. The summed E-state index contributed by atoms with van der Waals surface area (Å²) in [5.74, 6) is 0.559. The summed E-state index contributed by atoms with van der Waals surface area (Å²) in [6.07, 6.45) is 1.63. The van der Waals surface area contributed by atoms with Crippen molar-refractivity contribution >= 4 is 39.0 Å². The van der Waals surface area contributed by atoms with Crippen LogP contribution in [0.4, 0.5) is 17.2 Å². The van der Waals surface area contributed by atoms with Gasteiger partial charge in [0.2, 0.25) is 0 Å². The van der Waals surface area contributed by atoms with Gasteiger partial charge in [0.05, 0.1) is 11.9 Å². The van der Waals surface area contributed by atoms with E-state index < -0.39 is 0 Å². The quantitative estimate of drug-likeness (QED) is 0.656. The molecule has 0 aliphatic rings. The van der Waals surface area contributed by atoms with Gasteiger partial charge in [0.1, 0.15) is 5.82 Å². The fourth-order valence-electron chi connectivity index (χ4n) is 2.15. The third-order valence-corrected chi connectivity index (χ3v) is 4.36. The number of carbonyl (C=O) groups excluding carboxylic acids is 1. The zero-order valence-electron chi connectivity index (χ0n) is 13.1. The molecule has 1 amide bonds. The highest BCUT2D eigenvalue weighted by Crippen LogP contribution is 2.23. The van der Waals surface area contributed by atoms with Crippen molar-refractivity contribution in [3.05, 3.63) is 82.5 Å². The van der Waals surface area contributed by atoms with Gasteiger partial charge in [-0.15, -0.1) is 0 Å². The molecule has 4 nitrogen and oxygen atoms in total. The van der Waals surface area contributed by atoms with E-state index in [2.05, 4.69) is 31.5 Å². The fraction of sp³-hybridized carbons (Fsp3) is 0.0526. The van der Waals surface area contributed by atoms with Gasteiger partial charge in [0, 0.05) is 15.7 Å². The minimum Gasteiger partial charge on any atom is -0.340 e. The molecule has 1 aromatic heterocycles.